The Morgan fingerprint density at radius 1 is 1.27 bits per heavy atom. The molecule has 2 heterocycles. The predicted molar refractivity (Wildman–Crippen MR) is 81.7 cm³/mol. The van der Waals surface area contributed by atoms with E-state index in [0.29, 0.717) is 12.1 Å². The molecule has 1 aromatic carbocycles. The van der Waals surface area contributed by atoms with Gasteiger partial charge in [0.2, 0.25) is 5.91 Å². The molecule has 1 aliphatic rings. The molecular formula is C15H14ClFN4O. The lowest BCUT2D eigenvalue weighted by molar-refractivity contribution is -0.117. The van der Waals surface area contributed by atoms with Crippen molar-refractivity contribution in [3.8, 4) is 0 Å². The molecule has 2 aromatic rings. The highest BCUT2D eigenvalue weighted by Gasteiger charge is 2.30. The molecule has 3 rings (SSSR count). The third kappa shape index (κ3) is 3.24. The number of pyridine rings is 1. The van der Waals surface area contributed by atoms with Crippen LogP contribution in [0, 0.1) is 5.82 Å². The highest BCUT2D eigenvalue weighted by molar-refractivity contribution is 6.33. The van der Waals surface area contributed by atoms with Gasteiger partial charge in [0.25, 0.3) is 0 Å². The normalized spacial score (nSPS) is 20.8. The molecule has 1 fully saturated rings. The van der Waals surface area contributed by atoms with Crippen LogP contribution in [0.5, 0.6) is 0 Å². The molecular weight excluding hydrogens is 307 g/mol. The summed E-state index contributed by atoms with van der Waals surface area (Å²) >= 11 is 5.91. The van der Waals surface area contributed by atoms with Crippen molar-refractivity contribution in [1.29, 1.82) is 0 Å². The van der Waals surface area contributed by atoms with Crippen LogP contribution >= 0.6 is 11.6 Å². The number of hydrazine groups is 1. The fourth-order valence-corrected chi connectivity index (χ4v) is 2.57. The summed E-state index contributed by atoms with van der Waals surface area (Å²) in [7, 11) is 0. The molecule has 2 unspecified atom stereocenters. The lowest BCUT2D eigenvalue weighted by Gasteiger charge is -2.12. The molecule has 22 heavy (non-hydrogen) atoms. The average Bonchev–Trinajstić information content (AvgIpc) is 3.01. The number of benzene rings is 1. The highest BCUT2D eigenvalue weighted by atomic mass is 35.5. The van der Waals surface area contributed by atoms with Gasteiger partial charge >= 0.3 is 0 Å². The van der Waals surface area contributed by atoms with Gasteiger partial charge < -0.3 is 5.32 Å². The molecule has 2 atom stereocenters. The van der Waals surface area contributed by atoms with Gasteiger partial charge in [-0.3, -0.25) is 9.78 Å². The molecule has 1 aliphatic heterocycles. The van der Waals surface area contributed by atoms with Crippen LogP contribution in [0.25, 0.3) is 0 Å². The molecule has 0 spiro atoms. The quantitative estimate of drug-likeness (QED) is 0.812. The minimum Gasteiger partial charge on any atom is -0.323 e. The minimum absolute atomic E-state index is 0.0300. The average molecular weight is 321 g/mol. The van der Waals surface area contributed by atoms with Crippen LogP contribution < -0.4 is 16.2 Å². The molecule has 1 saturated heterocycles. The van der Waals surface area contributed by atoms with E-state index < -0.39 is 11.9 Å². The molecule has 0 radical (unpaired) electrons. The fourth-order valence-electron chi connectivity index (χ4n) is 2.35. The van der Waals surface area contributed by atoms with Crippen LogP contribution in [-0.4, -0.2) is 16.9 Å². The maximum Gasteiger partial charge on any atom is 0.242 e. The Labute approximate surface area is 131 Å². The van der Waals surface area contributed by atoms with Gasteiger partial charge in [0.05, 0.1) is 10.7 Å². The molecule has 1 amide bonds. The van der Waals surface area contributed by atoms with Gasteiger partial charge in [0, 0.05) is 18.4 Å². The van der Waals surface area contributed by atoms with Gasteiger partial charge in [-0.25, -0.2) is 15.2 Å². The van der Waals surface area contributed by atoms with Crippen LogP contribution in [0.3, 0.4) is 0 Å². The summed E-state index contributed by atoms with van der Waals surface area (Å²) in [5.74, 6) is -0.668. The topological polar surface area (TPSA) is 66.0 Å². The Morgan fingerprint density at radius 2 is 2.05 bits per heavy atom. The second-order valence-electron chi connectivity index (χ2n) is 5.02. The summed E-state index contributed by atoms with van der Waals surface area (Å²) in [6.07, 6.45) is 4.01. The van der Waals surface area contributed by atoms with Crippen molar-refractivity contribution in [3.05, 3.63) is 59.1 Å². The number of nitrogens with zero attached hydrogens (tertiary/aromatic N) is 1. The molecule has 114 valence electrons. The predicted octanol–water partition coefficient (Wildman–Crippen LogP) is 2.42. The van der Waals surface area contributed by atoms with E-state index in [0.717, 1.165) is 11.6 Å². The van der Waals surface area contributed by atoms with Crippen LogP contribution in [-0.2, 0) is 4.79 Å². The summed E-state index contributed by atoms with van der Waals surface area (Å²) in [6.45, 7) is 0. The number of halogens is 2. The molecule has 7 heteroatoms. The maximum absolute atomic E-state index is 13.0. The van der Waals surface area contributed by atoms with E-state index in [1.54, 1.807) is 12.4 Å². The molecule has 0 aliphatic carbocycles. The van der Waals surface area contributed by atoms with Gasteiger partial charge in [-0.05, 0) is 42.3 Å². The summed E-state index contributed by atoms with van der Waals surface area (Å²) in [4.78, 5) is 16.2. The second-order valence-corrected chi connectivity index (χ2v) is 5.43. The summed E-state index contributed by atoms with van der Waals surface area (Å²) < 4.78 is 13.0. The summed E-state index contributed by atoms with van der Waals surface area (Å²) in [5, 5.41) is 2.87. The number of aromatic nitrogens is 1. The van der Waals surface area contributed by atoms with Crippen LogP contribution in [0.1, 0.15) is 18.0 Å². The molecule has 0 bridgehead atoms. The van der Waals surface area contributed by atoms with Crippen molar-refractivity contribution in [3.63, 3.8) is 0 Å². The zero-order valence-corrected chi connectivity index (χ0v) is 12.3. The summed E-state index contributed by atoms with van der Waals surface area (Å²) in [5.41, 5.74) is 7.48. The van der Waals surface area contributed by atoms with Crippen molar-refractivity contribution < 1.29 is 9.18 Å². The van der Waals surface area contributed by atoms with Crippen LogP contribution in [0.15, 0.2) is 42.7 Å². The number of nitrogens with one attached hydrogen (secondary N) is 3. The van der Waals surface area contributed by atoms with Crippen molar-refractivity contribution in [1.82, 2.24) is 15.8 Å². The smallest absolute Gasteiger partial charge is 0.242 e. The monoisotopic (exact) mass is 320 g/mol. The molecule has 0 saturated carbocycles. The Balaban J connectivity index is 1.64. The highest BCUT2D eigenvalue weighted by Crippen LogP contribution is 2.25. The largest absolute Gasteiger partial charge is 0.323 e. The molecule has 5 nitrogen and oxygen atoms in total. The number of hydrogen-bond acceptors (Lipinski definition) is 4. The summed E-state index contributed by atoms with van der Waals surface area (Å²) in [6, 6.07) is 7.28. The maximum atomic E-state index is 13.0. The van der Waals surface area contributed by atoms with Gasteiger partial charge in [0.15, 0.2) is 0 Å². The lowest BCUT2D eigenvalue weighted by atomic mass is 10.0. The van der Waals surface area contributed by atoms with E-state index >= 15 is 0 Å². The van der Waals surface area contributed by atoms with Gasteiger partial charge in [-0.15, -0.1) is 0 Å². The van der Waals surface area contributed by atoms with E-state index in [2.05, 4.69) is 21.2 Å². The Kier molecular flexibility index (Phi) is 4.33. The first-order valence-corrected chi connectivity index (χ1v) is 7.18. The fraction of sp³-hybridized carbons (Fsp3) is 0.200. The van der Waals surface area contributed by atoms with E-state index in [1.165, 1.54) is 12.1 Å². The van der Waals surface area contributed by atoms with E-state index in [4.69, 9.17) is 11.6 Å². The molecule has 3 N–H and O–H groups in total. The van der Waals surface area contributed by atoms with Crippen molar-refractivity contribution in [2.45, 2.75) is 18.5 Å². The Hall–Kier alpha value is -2.02. The van der Waals surface area contributed by atoms with E-state index in [1.807, 2.05) is 12.1 Å². The number of rotatable bonds is 3. The zero-order valence-electron chi connectivity index (χ0n) is 11.5. The number of amides is 1. The Morgan fingerprint density at radius 3 is 2.77 bits per heavy atom. The van der Waals surface area contributed by atoms with Gasteiger partial charge in [0.1, 0.15) is 11.9 Å². The van der Waals surface area contributed by atoms with Crippen molar-refractivity contribution in [2.75, 3.05) is 5.32 Å². The van der Waals surface area contributed by atoms with E-state index in [-0.39, 0.29) is 17.0 Å². The Bertz CT molecular complexity index is 682. The molecule has 1 aromatic heterocycles. The minimum atomic E-state index is -0.443. The standard InChI is InChI=1S/C15H14ClFN4O/c16-11-7-10(17)1-2-12(11)19-15(22)14-8-13(20-21-14)9-3-5-18-6-4-9/h1-7,13-14,20-21H,8H2,(H,19,22). The van der Waals surface area contributed by atoms with Crippen molar-refractivity contribution in [2.24, 2.45) is 0 Å². The zero-order chi connectivity index (χ0) is 15.5. The number of carbonyl (C=O) groups excluding carboxylic acids is 1. The number of hydrogen-bond donors (Lipinski definition) is 3. The van der Waals surface area contributed by atoms with Gasteiger partial charge in [-0.1, -0.05) is 11.6 Å². The van der Waals surface area contributed by atoms with Crippen LogP contribution in [0.4, 0.5) is 10.1 Å². The second kappa shape index (κ2) is 6.39. The first-order valence-electron chi connectivity index (χ1n) is 6.80. The third-order valence-electron chi connectivity index (χ3n) is 3.52. The van der Waals surface area contributed by atoms with Crippen LogP contribution in [0.2, 0.25) is 5.02 Å². The first-order chi connectivity index (χ1) is 10.6. The first kappa shape index (κ1) is 14.9. The number of carbonyl (C=O) groups is 1. The lowest BCUT2D eigenvalue weighted by Crippen LogP contribution is -2.39. The van der Waals surface area contributed by atoms with E-state index in [9.17, 15) is 9.18 Å². The van der Waals surface area contributed by atoms with Gasteiger partial charge in [-0.2, -0.15) is 0 Å². The van der Waals surface area contributed by atoms with Crippen molar-refractivity contribution >= 4 is 23.2 Å². The SMILES string of the molecule is O=C(Nc1ccc(F)cc1Cl)C1CC(c2ccncc2)NN1. The number of anilines is 1. The third-order valence-corrected chi connectivity index (χ3v) is 3.83.